The zero-order chi connectivity index (χ0) is 6.97. The van der Waals surface area contributed by atoms with Gasteiger partial charge in [-0.15, -0.1) is 0 Å². The van der Waals surface area contributed by atoms with Crippen LogP contribution in [0.3, 0.4) is 0 Å². The molecule has 4 heteroatoms. The highest BCUT2D eigenvalue weighted by atomic mass is 32.1. The molecule has 10 heavy (non-hydrogen) atoms. The Bertz CT molecular complexity index is 400. The summed E-state index contributed by atoms with van der Waals surface area (Å²) in [7, 11) is 0. The molecule has 0 bridgehead atoms. The Balaban J connectivity index is 2.99. The Labute approximate surface area is 62.3 Å². The number of nitrogens with one attached hydrogen (secondary N) is 1. The van der Waals surface area contributed by atoms with Gasteiger partial charge < -0.3 is 0 Å². The number of hydrogen-bond acceptors (Lipinski definition) is 2. The molecule has 0 aliphatic carbocycles. The molecule has 2 aromatic heterocycles. The fraction of sp³-hybridized carbons (Fsp3) is 0. The van der Waals surface area contributed by atoms with Crippen LogP contribution in [0.1, 0.15) is 0 Å². The molecule has 0 saturated heterocycles. The van der Waals surface area contributed by atoms with Gasteiger partial charge in [0.05, 0.1) is 0 Å². The van der Waals surface area contributed by atoms with Crippen LogP contribution < -0.4 is 0 Å². The Hall–Kier alpha value is -1.16. The van der Waals surface area contributed by atoms with E-state index in [1.54, 1.807) is 10.8 Å². The van der Waals surface area contributed by atoms with Crippen LogP contribution in [-0.2, 0) is 0 Å². The molecule has 0 atom stereocenters. The first-order chi connectivity index (χ1) is 4.86. The van der Waals surface area contributed by atoms with Gasteiger partial charge in [0.1, 0.15) is 6.33 Å². The molecule has 0 spiro atoms. The first-order valence-corrected chi connectivity index (χ1v) is 3.29. The quantitative estimate of drug-likeness (QED) is 0.577. The van der Waals surface area contributed by atoms with Crippen LogP contribution in [-0.4, -0.2) is 14.6 Å². The molecule has 2 aromatic rings. The lowest BCUT2D eigenvalue weighted by molar-refractivity contribution is 0.960. The highest BCUT2D eigenvalue weighted by Crippen LogP contribution is 1.97. The molecule has 0 unspecified atom stereocenters. The van der Waals surface area contributed by atoms with Crippen LogP contribution >= 0.6 is 12.2 Å². The lowest BCUT2D eigenvalue weighted by Gasteiger charge is -1.87. The van der Waals surface area contributed by atoms with Gasteiger partial charge in [-0.1, -0.05) is 12.2 Å². The maximum atomic E-state index is 4.94. The van der Waals surface area contributed by atoms with Crippen molar-refractivity contribution < 1.29 is 0 Å². The Morgan fingerprint density at radius 2 is 2.50 bits per heavy atom. The number of hydrogen-bond donors (Lipinski definition) is 1. The molecule has 0 aliphatic heterocycles. The Kier molecular flexibility index (Phi) is 1.07. The average Bonchev–Trinajstić information content (AvgIpc) is 2.33. The fourth-order valence-corrected chi connectivity index (χ4v) is 1.00. The normalized spacial score (nSPS) is 10.4. The summed E-state index contributed by atoms with van der Waals surface area (Å²) in [4.78, 5) is 4.02. The third-order valence-electron chi connectivity index (χ3n) is 1.30. The molecule has 0 aromatic carbocycles. The van der Waals surface area contributed by atoms with Crippen molar-refractivity contribution in [3.8, 4) is 0 Å². The van der Waals surface area contributed by atoms with E-state index in [1.165, 1.54) is 0 Å². The van der Waals surface area contributed by atoms with Gasteiger partial charge in [0.25, 0.3) is 0 Å². The maximum Gasteiger partial charge on any atom is 0.154 e. The predicted molar refractivity (Wildman–Crippen MR) is 40.4 cm³/mol. The van der Waals surface area contributed by atoms with Gasteiger partial charge in [-0.2, -0.15) is 0 Å². The smallest absolute Gasteiger partial charge is 0.154 e. The number of nitrogens with zero attached hydrogens (tertiary/aromatic N) is 2. The summed E-state index contributed by atoms with van der Waals surface area (Å²) in [5.41, 5.74) is 0.854. The molecular weight excluding hydrogens is 146 g/mol. The number of aromatic nitrogens is 3. The lowest BCUT2D eigenvalue weighted by Crippen LogP contribution is -1.83. The second-order valence-corrected chi connectivity index (χ2v) is 2.45. The zero-order valence-corrected chi connectivity index (χ0v) is 5.93. The van der Waals surface area contributed by atoms with Gasteiger partial charge in [-0.25, -0.2) is 9.50 Å². The zero-order valence-electron chi connectivity index (χ0n) is 5.11. The van der Waals surface area contributed by atoms with Crippen molar-refractivity contribution in [2.24, 2.45) is 0 Å². The predicted octanol–water partition coefficient (Wildman–Crippen LogP) is 1.39. The van der Waals surface area contributed by atoms with E-state index in [0.29, 0.717) is 0 Å². The molecule has 0 aliphatic rings. The third-order valence-corrected chi connectivity index (χ3v) is 1.55. The summed E-state index contributed by atoms with van der Waals surface area (Å²) in [6, 6.07) is 3.69. The van der Waals surface area contributed by atoms with Crippen molar-refractivity contribution in [3.63, 3.8) is 0 Å². The number of H-pyrrole nitrogens is 1. The van der Waals surface area contributed by atoms with Crippen molar-refractivity contribution >= 4 is 17.9 Å². The van der Waals surface area contributed by atoms with Gasteiger partial charge in [0, 0.05) is 16.8 Å². The highest BCUT2D eigenvalue weighted by Gasteiger charge is 1.88. The SMILES string of the molecule is S=c1ccn2[nH]cnc2c1. The molecule has 0 fully saturated rings. The molecule has 2 rings (SSSR count). The Morgan fingerprint density at radius 3 is 3.40 bits per heavy atom. The van der Waals surface area contributed by atoms with E-state index < -0.39 is 0 Å². The first-order valence-electron chi connectivity index (χ1n) is 2.88. The number of rotatable bonds is 0. The van der Waals surface area contributed by atoms with Crippen molar-refractivity contribution in [3.05, 3.63) is 29.2 Å². The van der Waals surface area contributed by atoms with E-state index in [1.807, 2.05) is 18.3 Å². The molecule has 3 nitrogen and oxygen atoms in total. The van der Waals surface area contributed by atoms with Gasteiger partial charge in [0.15, 0.2) is 5.65 Å². The monoisotopic (exact) mass is 151 g/mol. The average molecular weight is 151 g/mol. The fourth-order valence-electron chi connectivity index (χ4n) is 0.835. The number of fused-ring (bicyclic) bond motifs is 1. The van der Waals surface area contributed by atoms with Crippen molar-refractivity contribution in [2.45, 2.75) is 0 Å². The topological polar surface area (TPSA) is 33.1 Å². The maximum absolute atomic E-state index is 4.94. The summed E-state index contributed by atoms with van der Waals surface area (Å²) < 4.78 is 2.61. The Morgan fingerprint density at radius 1 is 1.60 bits per heavy atom. The summed E-state index contributed by atoms with van der Waals surface area (Å²) >= 11 is 4.94. The van der Waals surface area contributed by atoms with Gasteiger partial charge in [0.2, 0.25) is 0 Å². The van der Waals surface area contributed by atoms with E-state index in [-0.39, 0.29) is 0 Å². The molecule has 0 radical (unpaired) electrons. The molecule has 0 amide bonds. The minimum absolute atomic E-state index is 0.812. The molecule has 0 saturated carbocycles. The van der Waals surface area contributed by atoms with Crippen LogP contribution in [0, 0.1) is 4.51 Å². The van der Waals surface area contributed by atoms with Crippen LogP contribution in [0.5, 0.6) is 0 Å². The molecule has 50 valence electrons. The van der Waals surface area contributed by atoms with Crippen molar-refractivity contribution in [1.29, 1.82) is 0 Å². The van der Waals surface area contributed by atoms with E-state index >= 15 is 0 Å². The van der Waals surface area contributed by atoms with Gasteiger partial charge in [-0.05, 0) is 6.07 Å². The summed E-state index contributed by atoms with van der Waals surface area (Å²) in [5.74, 6) is 0. The van der Waals surface area contributed by atoms with Crippen LogP contribution in [0.4, 0.5) is 0 Å². The minimum Gasteiger partial charge on any atom is -0.282 e. The second kappa shape index (κ2) is 1.91. The van der Waals surface area contributed by atoms with E-state index in [2.05, 4.69) is 10.1 Å². The largest absolute Gasteiger partial charge is 0.282 e. The number of aromatic amines is 1. The summed E-state index contributed by atoms with van der Waals surface area (Å²) in [6.07, 6.45) is 3.48. The van der Waals surface area contributed by atoms with E-state index in [0.717, 1.165) is 10.2 Å². The van der Waals surface area contributed by atoms with Crippen LogP contribution in [0.2, 0.25) is 0 Å². The molecule has 1 N–H and O–H groups in total. The van der Waals surface area contributed by atoms with Crippen molar-refractivity contribution in [2.75, 3.05) is 0 Å². The lowest BCUT2D eigenvalue weighted by atomic mass is 10.5. The molecular formula is C6H5N3S. The third kappa shape index (κ3) is 0.733. The van der Waals surface area contributed by atoms with E-state index in [4.69, 9.17) is 12.2 Å². The van der Waals surface area contributed by atoms with Crippen LogP contribution in [0.15, 0.2) is 24.7 Å². The summed E-state index contributed by atoms with van der Waals surface area (Å²) in [6.45, 7) is 0. The standard InChI is InChI=1S/C6H5N3S/c10-5-1-2-9-6(3-5)7-4-8-9/h1-4H,(H,7,8). The number of pyridine rings is 1. The van der Waals surface area contributed by atoms with Gasteiger partial charge in [-0.3, -0.25) is 5.10 Å². The second-order valence-electron chi connectivity index (χ2n) is 1.98. The molecule has 2 heterocycles. The summed E-state index contributed by atoms with van der Waals surface area (Å²) in [5, 5.41) is 2.91. The first kappa shape index (κ1) is 5.61. The minimum atomic E-state index is 0.812. The van der Waals surface area contributed by atoms with Crippen LogP contribution in [0.25, 0.3) is 5.65 Å². The van der Waals surface area contributed by atoms with Crippen molar-refractivity contribution in [1.82, 2.24) is 14.6 Å². The van der Waals surface area contributed by atoms with Gasteiger partial charge >= 0.3 is 0 Å². The highest BCUT2D eigenvalue weighted by molar-refractivity contribution is 7.71. The van der Waals surface area contributed by atoms with E-state index in [9.17, 15) is 0 Å².